The molecule has 0 aliphatic heterocycles. The second kappa shape index (κ2) is 6.42. The zero-order valence-electron chi connectivity index (χ0n) is 13.8. The molecule has 3 rings (SSSR count). The van der Waals surface area contributed by atoms with Gasteiger partial charge < -0.3 is 10.4 Å². The molecule has 0 saturated heterocycles. The Morgan fingerprint density at radius 2 is 2.13 bits per heavy atom. The van der Waals surface area contributed by atoms with Crippen molar-refractivity contribution in [3.05, 3.63) is 52.6 Å². The van der Waals surface area contributed by atoms with Gasteiger partial charge in [0.05, 0.1) is 18.8 Å². The van der Waals surface area contributed by atoms with E-state index in [4.69, 9.17) is 5.11 Å². The summed E-state index contributed by atoms with van der Waals surface area (Å²) in [6, 6.07) is 6.96. The number of hydrogen-bond donors (Lipinski definition) is 2. The van der Waals surface area contributed by atoms with Crippen LogP contribution in [0.3, 0.4) is 0 Å². The van der Waals surface area contributed by atoms with Crippen LogP contribution < -0.4 is 5.32 Å². The van der Waals surface area contributed by atoms with Gasteiger partial charge in [0.15, 0.2) is 0 Å². The van der Waals surface area contributed by atoms with E-state index in [1.54, 1.807) is 12.1 Å². The maximum absolute atomic E-state index is 13.4. The molecule has 0 spiro atoms. The Bertz CT molecular complexity index is 692. The van der Waals surface area contributed by atoms with Gasteiger partial charge in [-0.25, -0.2) is 4.39 Å². The Labute approximate surface area is 136 Å². The number of aryl methyl sites for hydroxylation is 1. The van der Waals surface area contributed by atoms with Gasteiger partial charge in [-0.2, -0.15) is 5.10 Å². The number of halogens is 1. The van der Waals surface area contributed by atoms with E-state index in [2.05, 4.69) is 10.4 Å². The van der Waals surface area contributed by atoms with Gasteiger partial charge in [-0.3, -0.25) is 4.68 Å². The summed E-state index contributed by atoms with van der Waals surface area (Å²) in [6.45, 7) is 6.25. The molecule has 1 aromatic heterocycles. The predicted molar refractivity (Wildman–Crippen MR) is 87.8 cm³/mol. The van der Waals surface area contributed by atoms with Gasteiger partial charge in [-0.15, -0.1) is 0 Å². The summed E-state index contributed by atoms with van der Waals surface area (Å²) < 4.78 is 15.3. The molecule has 1 heterocycles. The van der Waals surface area contributed by atoms with Gasteiger partial charge in [0, 0.05) is 29.8 Å². The van der Waals surface area contributed by atoms with Crippen LogP contribution in [0.1, 0.15) is 35.4 Å². The first-order chi connectivity index (χ1) is 11.1. The van der Waals surface area contributed by atoms with Crippen LogP contribution in [0, 0.1) is 19.7 Å². The zero-order chi connectivity index (χ0) is 16.4. The van der Waals surface area contributed by atoms with Crippen LogP contribution in [-0.2, 0) is 18.5 Å². The molecule has 1 fully saturated rings. The maximum atomic E-state index is 13.4. The van der Waals surface area contributed by atoms with Crippen molar-refractivity contribution in [3.8, 4) is 0 Å². The van der Waals surface area contributed by atoms with E-state index in [-0.39, 0.29) is 17.8 Å². The highest BCUT2D eigenvalue weighted by atomic mass is 19.1. The van der Waals surface area contributed by atoms with E-state index in [9.17, 15) is 4.39 Å². The van der Waals surface area contributed by atoms with Gasteiger partial charge in [-0.1, -0.05) is 12.1 Å². The lowest BCUT2D eigenvalue weighted by Gasteiger charge is -2.17. The lowest BCUT2D eigenvalue weighted by atomic mass is 9.95. The molecule has 2 N–H and O–H groups in total. The maximum Gasteiger partial charge on any atom is 0.123 e. The van der Waals surface area contributed by atoms with Crippen molar-refractivity contribution >= 4 is 0 Å². The van der Waals surface area contributed by atoms with Crippen LogP contribution in [-0.4, -0.2) is 28.0 Å². The number of aromatic nitrogens is 2. The van der Waals surface area contributed by atoms with Gasteiger partial charge in [0.25, 0.3) is 0 Å². The van der Waals surface area contributed by atoms with E-state index in [0.717, 1.165) is 42.9 Å². The molecule has 2 aromatic rings. The van der Waals surface area contributed by atoms with Crippen LogP contribution in [0.4, 0.5) is 4.39 Å². The van der Waals surface area contributed by atoms with E-state index >= 15 is 0 Å². The Balaban J connectivity index is 1.64. The van der Waals surface area contributed by atoms with Crippen molar-refractivity contribution in [3.63, 3.8) is 0 Å². The summed E-state index contributed by atoms with van der Waals surface area (Å²) in [7, 11) is 0. The van der Waals surface area contributed by atoms with E-state index < -0.39 is 0 Å². The van der Waals surface area contributed by atoms with Gasteiger partial charge in [0.2, 0.25) is 0 Å². The van der Waals surface area contributed by atoms with Crippen LogP contribution in [0.2, 0.25) is 0 Å². The molecule has 1 aliphatic rings. The average molecular weight is 317 g/mol. The van der Waals surface area contributed by atoms with Gasteiger partial charge in [0.1, 0.15) is 5.82 Å². The summed E-state index contributed by atoms with van der Waals surface area (Å²) in [5, 5.41) is 17.1. The molecular weight excluding hydrogens is 293 g/mol. The minimum Gasteiger partial charge on any atom is -0.394 e. The summed E-state index contributed by atoms with van der Waals surface area (Å²) >= 11 is 0. The minimum absolute atomic E-state index is 0.0883. The first-order valence-electron chi connectivity index (χ1n) is 8.16. The summed E-state index contributed by atoms with van der Waals surface area (Å²) in [5.41, 5.74) is 4.46. The highest BCUT2D eigenvalue weighted by Gasteiger charge is 2.43. The third-order valence-corrected chi connectivity index (χ3v) is 4.90. The molecule has 0 bridgehead atoms. The van der Waals surface area contributed by atoms with E-state index in [1.165, 1.54) is 11.6 Å². The fourth-order valence-corrected chi connectivity index (χ4v) is 3.27. The third-order valence-electron chi connectivity index (χ3n) is 4.90. The van der Waals surface area contributed by atoms with Crippen LogP contribution in [0.25, 0.3) is 0 Å². The fraction of sp³-hybridized carbons (Fsp3) is 0.500. The molecule has 124 valence electrons. The Morgan fingerprint density at radius 3 is 2.78 bits per heavy atom. The lowest BCUT2D eigenvalue weighted by Crippen LogP contribution is -2.27. The Hall–Kier alpha value is -1.72. The number of rotatable bonds is 7. The second-order valence-electron chi connectivity index (χ2n) is 6.49. The van der Waals surface area contributed by atoms with Crippen LogP contribution >= 0.6 is 0 Å². The highest BCUT2D eigenvalue weighted by Crippen LogP contribution is 2.47. The fourth-order valence-electron chi connectivity index (χ4n) is 3.27. The first-order valence-corrected chi connectivity index (χ1v) is 8.16. The van der Waals surface area contributed by atoms with Crippen LogP contribution in [0.15, 0.2) is 24.3 Å². The molecule has 0 unspecified atom stereocenters. The number of nitrogens with one attached hydrogen (secondary N) is 1. The first kappa shape index (κ1) is 16.1. The number of aliphatic hydroxyl groups excluding tert-OH is 1. The normalized spacial score (nSPS) is 15.8. The summed E-state index contributed by atoms with van der Waals surface area (Å²) in [6.07, 6.45) is 2.20. The quantitative estimate of drug-likeness (QED) is 0.825. The molecule has 23 heavy (non-hydrogen) atoms. The van der Waals surface area contributed by atoms with Crippen molar-refractivity contribution < 1.29 is 9.50 Å². The third kappa shape index (κ3) is 3.31. The number of nitrogens with zero attached hydrogens (tertiary/aromatic N) is 2. The smallest absolute Gasteiger partial charge is 0.123 e. The van der Waals surface area contributed by atoms with Gasteiger partial charge >= 0.3 is 0 Å². The topological polar surface area (TPSA) is 50.1 Å². The SMILES string of the molecule is Cc1nn(CCO)c(C)c1CNCC1(c2cccc(F)c2)CC1. The Kier molecular flexibility index (Phi) is 4.50. The number of hydrogen-bond acceptors (Lipinski definition) is 3. The highest BCUT2D eigenvalue weighted by molar-refractivity contribution is 5.32. The van der Waals surface area contributed by atoms with Crippen molar-refractivity contribution in [2.75, 3.05) is 13.2 Å². The molecular formula is C18H24FN3O. The van der Waals surface area contributed by atoms with E-state index in [1.807, 2.05) is 24.6 Å². The summed E-state index contributed by atoms with van der Waals surface area (Å²) in [4.78, 5) is 0. The molecule has 0 amide bonds. The second-order valence-corrected chi connectivity index (χ2v) is 6.49. The molecule has 1 saturated carbocycles. The average Bonchev–Trinajstić information content (AvgIpc) is 3.26. The Morgan fingerprint density at radius 1 is 1.35 bits per heavy atom. The number of benzene rings is 1. The monoisotopic (exact) mass is 317 g/mol. The minimum atomic E-state index is -0.161. The molecule has 5 heteroatoms. The molecule has 0 atom stereocenters. The molecule has 4 nitrogen and oxygen atoms in total. The lowest BCUT2D eigenvalue weighted by molar-refractivity contribution is 0.267. The summed E-state index contributed by atoms with van der Waals surface area (Å²) in [5.74, 6) is -0.161. The zero-order valence-corrected chi connectivity index (χ0v) is 13.8. The largest absolute Gasteiger partial charge is 0.394 e. The molecule has 1 aliphatic carbocycles. The van der Waals surface area contributed by atoms with E-state index in [0.29, 0.717) is 6.54 Å². The van der Waals surface area contributed by atoms with Crippen molar-refractivity contribution in [1.82, 2.24) is 15.1 Å². The molecule has 0 radical (unpaired) electrons. The molecule has 1 aromatic carbocycles. The van der Waals surface area contributed by atoms with Crippen molar-refractivity contribution in [2.24, 2.45) is 0 Å². The van der Waals surface area contributed by atoms with Crippen LogP contribution in [0.5, 0.6) is 0 Å². The van der Waals surface area contributed by atoms with Crippen molar-refractivity contribution in [2.45, 2.75) is 45.2 Å². The van der Waals surface area contributed by atoms with Crippen molar-refractivity contribution in [1.29, 1.82) is 0 Å². The predicted octanol–water partition coefficient (Wildman–Crippen LogP) is 2.45. The number of aliphatic hydroxyl groups is 1. The van der Waals surface area contributed by atoms with Gasteiger partial charge in [-0.05, 0) is 44.4 Å². The standard InChI is InChI=1S/C18H24FN3O/c1-13-17(14(2)22(21-13)8-9-23)11-20-12-18(6-7-18)15-4-3-5-16(19)10-15/h3-5,10,20,23H,6-9,11-12H2,1-2H3.